The predicted octanol–water partition coefficient (Wildman–Crippen LogP) is 2.71. The van der Waals surface area contributed by atoms with Crippen molar-refractivity contribution in [2.24, 2.45) is 5.92 Å². The molecule has 0 aromatic carbocycles. The normalized spacial score (nSPS) is 20.9. The fourth-order valence-corrected chi connectivity index (χ4v) is 3.58. The standard InChI is InChI=1S/C15H25N3OS/c1-11-5-6-14(20-11)12(2)16-15(19)18(4)10-13-7-8-17(3)9-13/h5-6,12-13H,7-10H2,1-4H3,(H,16,19). The van der Waals surface area contributed by atoms with E-state index in [-0.39, 0.29) is 12.1 Å². The summed E-state index contributed by atoms with van der Waals surface area (Å²) in [6, 6.07) is 4.30. The molecule has 1 saturated heterocycles. The zero-order valence-electron chi connectivity index (χ0n) is 12.8. The highest BCUT2D eigenvalue weighted by Gasteiger charge is 2.23. The van der Waals surface area contributed by atoms with Crippen molar-refractivity contribution in [3.8, 4) is 0 Å². The minimum absolute atomic E-state index is 0.0260. The van der Waals surface area contributed by atoms with Crippen LogP contribution in [0.15, 0.2) is 12.1 Å². The zero-order valence-corrected chi connectivity index (χ0v) is 13.7. The Labute approximate surface area is 125 Å². The van der Waals surface area contributed by atoms with Gasteiger partial charge >= 0.3 is 6.03 Å². The van der Waals surface area contributed by atoms with Gasteiger partial charge in [-0.1, -0.05) is 0 Å². The van der Waals surface area contributed by atoms with E-state index in [1.165, 1.54) is 16.2 Å². The lowest BCUT2D eigenvalue weighted by Crippen LogP contribution is -2.41. The summed E-state index contributed by atoms with van der Waals surface area (Å²) < 4.78 is 0. The number of aryl methyl sites for hydroxylation is 1. The summed E-state index contributed by atoms with van der Waals surface area (Å²) in [6.07, 6.45) is 1.19. The second-order valence-corrected chi connectivity index (χ2v) is 7.24. The van der Waals surface area contributed by atoms with Crippen molar-refractivity contribution in [1.82, 2.24) is 15.1 Å². The van der Waals surface area contributed by atoms with Gasteiger partial charge in [-0.15, -0.1) is 11.3 Å². The maximum Gasteiger partial charge on any atom is 0.317 e. The van der Waals surface area contributed by atoms with Crippen LogP contribution < -0.4 is 5.32 Å². The van der Waals surface area contributed by atoms with Gasteiger partial charge in [0.05, 0.1) is 6.04 Å². The summed E-state index contributed by atoms with van der Waals surface area (Å²) in [7, 11) is 4.03. The quantitative estimate of drug-likeness (QED) is 0.927. The van der Waals surface area contributed by atoms with Crippen LogP contribution in [-0.2, 0) is 0 Å². The first kappa shape index (κ1) is 15.3. The first-order chi connectivity index (χ1) is 9.45. The summed E-state index contributed by atoms with van der Waals surface area (Å²) in [4.78, 5) is 18.8. The van der Waals surface area contributed by atoms with Gasteiger partial charge < -0.3 is 15.1 Å². The summed E-state index contributed by atoms with van der Waals surface area (Å²) in [5, 5.41) is 3.08. The third-order valence-corrected chi connectivity index (χ3v) is 5.08. The molecule has 20 heavy (non-hydrogen) atoms. The van der Waals surface area contributed by atoms with E-state index in [1.807, 2.05) is 18.9 Å². The molecule has 2 heterocycles. The molecule has 4 nitrogen and oxygen atoms in total. The van der Waals surface area contributed by atoms with Crippen molar-refractivity contribution < 1.29 is 4.79 Å². The van der Waals surface area contributed by atoms with Crippen molar-refractivity contribution in [2.45, 2.75) is 26.3 Å². The van der Waals surface area contributed by atoms with Crippen LogP contribution >= 0.6 is 11.3 Å². The molecule has 2 rings (SSSR count). The Balaban J connectivity index is 1.81. The lowest BCUT2D eigenvalue weighted by atomic mass is 10.1. The molecular weight excluding hydrogens is 270 g/mol. The SMILES string of the molecule is Cc1ccc(C(C)NC(=O)N(C)CC2CCN(C)C2)s1. The van der Waals surface area contributed by atoms with Crippen LogP contribution in [0.3, 0.4) is 0 Å². The number of urea groups is 1. The van der Waals surface area contributed by atoms with Crippen LogP contribution in [-0.4, -0.2) is 49.6 Å². The van der Waals surface area contributed by atoms with Crippen LogP contribution in [0.5, 0.6) is 0 Å². The Morgan fingerprint density at radius 1 is 1.60 bits per heavy atom. The van der Waals surface area contributed by atoms with Gasteiger partial charge in [0, 0.05) is 29.9 Å². The summed E-state index contributed by atoms with van der Waals surface area (Å²) in [6.45, 7) is 7.21. The molecule has 0 saturated carbocycles. The molecule has 0 spiro atoms. The maximum atomic E-state index is 12.2. The van der Waals surface area contributed by atoms with E-state index in [0.717, 1.165) is 19.6 Å². The van der Waals surface area contributed by atoms with Crippen LogP contribution in [0, 0.1) is 12.8 Å². The number of nitrogens with zero attached hydrogens (tertiary/aromatic N) is 2. The first-order valence-corrected chi connectivity index (χ1v) is 8.04. The molecule has 1 aliphatic heterocycles. The van der Waals surface area contributed by atoms with Gasteiger partial charge in [0.25, 0.3) is 0 Å². The van der Waals surface area contributed by atoms with E-state index in [0.29, 0.717) is 5.92 Å². The molecule has 1 aromatic heterocycles. The lowest BCUT2D eigenvalue weighted by molar-refractivity contribution is 0.197. The molecule has 1 aliphatic rings. The van der Waals surface area contributed by atoms with E-state index in [9.17, 15) is 4.79 Å². The van der Waals surface area contributed by atoms with Crippen molar-refractivity contribution in [2.75, 3.05) is 33.7 Å². The highest BCUT2D eigenvalue weighted by molar-refractivity contribution is 7.12. The third kappa shape index (κ3) is 3.96. The summed E-state index contributed by atoms with van der Waals surface area (Å²) >= 11 is 1.74. The van der Waals surface area contributed by atoms with Gasteiger partial charge in [-0.05, 0) is 51.9 Å². The molecule has 1 aromatic rings. The number of amides is 2. The van der Waals surface area contributed by atoms with Crippen LogP contribution in [0.2, 0.25) is 0 Å². The predicted molar refractivity (Wildman–Crippen MR) is 84.2 cm³/mol. The van der Waals surface area contributed by atoms with Crippen LogP contribution in [0.1, 0.15) is 29.1 Å². The maximum absolute atomic E-state index is 12.2. The van der Waals surface area contributed by atoms with E-state index < -0.39 is 0 Å². The van der Waals surface area contributed by atoms with E-state index >= 15 is 0 Å². The van der Waals surface area contributed by atoms with E-state index in [1.54, 1.807) is 11.3 Å². The Hall–Kier alpha value is -1.07. The Bertz CT molecular complexity index is 460. The molecule has 2 unspecified atom stereocenters. The van der Waals surface area contributed by atoms with Crippen molar-refractivity contribution in [1.29, 1.82) is 0 Å². The number of nitrogens with one attached hydrogen (secondary N) is 1. The van der Waals surface area contributed by atoms with Gasteiger partial charge in [0.15, 0.2) is 0 Å². The smallest absolute Gasteiger partial charge is 0.317 e. The summed E-state index contributed by atoms with van der Waals surface area (Å²) in [5.74, 6) is 0.607. The molecule has 0 aliphatic carbocycles. The molecule has 112 valence electrons. The molecule has 1 N–H and O–H groups in total. The minimum Gasteiger partial charge on any atom is -0.331 e. The fraction of sp³-hybridized carbons (Fsp3) is 0.667. The number of likely N-dealkylation sites (tertiary alicyclic amines) is 1. The molecule has 2 amide bonds. The van der Waals surface area contributed by atoms with Gasteiger partial charge in [0.1, 0.15) is 0 Å². The van der Waals surface area contributed by atoms with E-state index in [2.05, 4.69) is 36.3 Å². The van der Waals surface area contributed by atoms with Gasteiger partial charge in [-0.2, -0.15) is 0 Å². The highest BCUT2D eigenvalue weighted by Crippen LogP contribution is 2.22. The zero-order chi connectivity index (χ0) is 14.7. The topological polar surface area (TPSA) is 35.6 Å². The molecule has 5 heteroatoms. The van der Waals surface area contributed by atoms with Crippen molar-refractivity contribution in [3.05, 3.63) is 21.9 Å². The number of hydrogen-bond donors (Lipinski definition) is 1. The average Bonchev–Trinajstić information content (AvgIpc) is 2.98. The molecule has 2 atom stereocenters. The lowest BCUT2D eigenvalue weighted by Gasteiger charge is -2.23. The number of rotatable bonds is 4. The van der Waals surface area contributed by atoms with Gasteiger partial charge in [0.2, 0.25) is 0 Å². The number of carbonyl (C=O) groups is 1. The van der Waals surface area contributed by atoms with Crippen molar-refractivity contribution >= 4 is 17.4 Å². The van der Waals surface area contributed by atoms with Crippen LogP contribution in [0.4, 0.5) is 4.79 Å². The number of carbonyl (C=O) groups excluding carboxylic acids is 1. The van der Waals surface area contributed by atoms with Crippen molar-refractivity contribution in [3.63, 3.8) is 0 Å². The summed E-state index contributed by atoms with van der Waals surface area (Å²) in [5.41, 5.74) is 0. The number of thiophene rings is 1. The molecule has 1 fully saturated rings. The fourth-order valence-electron chi connectivity index (χ4n) is 2.70. The number of hydrogen-bond acceptors (Lipinski definition) is 3. The minimum atomic E-state index is 0.0260. The largest absolute Gasteiger partial charge is 0.331 e. The van der Waals surface area contributed by atoms with Gasteiger partial charge in [-0.25, -0.2) is 4.79 Å². The first-order valence-electron chi connectivity index (χ1n) is 7.22. The van der Waals surface area contributed by atoms with Gasteiger partial charge in [-0.3, -0.25) is 0 Å². The second-order valence-electron chi connectivity index (χ2n) is 5.92. The third-order valence-electron chi connectivity index (χ3n) is 3.90. The molecule has 0 radical (unpaired) electrons. The highest BCUT2D eigenvalue weighted by atomic mass is 32.1. The molecular formula is C15H25N3OS. The van der Waals surface area contributed by atoms with Crippen LogP contribution in [0.25, 0.3) is 0 Å². The Kier molecular flexibility index (Phi) is 5.05. The molecule has 0 bridgehead atoms. The monoisotopic (exact) mass is 295 g/mol. The average molecular weight is 295 g/mol. The van der Waals surface area contributed by atoms with E-state index in [4.69, 9.17) is 0 Å². The Morgan fingerprint density at radius 3 is 2.90 bits per heavy atom. The second kappa shape index (κ2) is 6.59. The Morgan fingerprint density at radius 2 is 2.35 bits per heavy atom.